The van der Waals surface area contributed by atoms with Gasteiger partial charge in [-0.05, 0) is 62.3 Å². The fourth-order valence-corrected chi connectivity index (χ4v) is 4.04. The maximum atomic E-state index is 13.9. The van der Waals surface area contributed by atoms with Crippen molar-refractivity contribution in [1.29, 1.82) is 0 Å². The molecule has 0 saturated heterocycles. The van der Waals surface area contributed by atoms with Crippen molar-refractivity contribution in [1.82, 2.24) is 0 Å². The van der Waals surface area contributed by atoms with Crippen molar-refractivity contribution in [3.8, 4) is 0 Å². The van der Waals surface area contributed by atoms with Crippen molar-refractivity contribution >= 4 is 11.9 Å². The Bertz CT molecular complexity index is 638. The molecule has 0 spiro atoms. The molecule has 0 amide bonds. The number of hydrogen-bond donors (Lipinski definition) is 0. The topological polar surface area (TPSA) is 52.6 Å². The Morgan fingerprint density at radius 2 is 1.74 bits per heavy atom. The van der Waals surface area contributed by atoms with Crippen molar-refractivity contribution in [2.75, 3.05) is 13.2 Å². The molecule has 1 atom stereocenters. The molecule has 5 heteroatoms. The number of carbonyl (C=O) groups excluding carboxylic acids is 2. The molecule has 0 bridgehead atoms. The van der Waals surface area contributed by atoms with E-state index in [4.69, 9.17) is 9.47 Å². The lowest BCUT2D eigenvalue weighted by Crippen LogP contribution is -2.47. The van der Waals surface area contributed by atoms with E-state index in [0.29, 0.717) is 6.42 Å². The minimum Gasteiger partial charge on any atom is -0.465 e. The largest absolute Gasteiger partial charge is 0.465 e. The van der Waals surface area contributed by atoms with Crippen molar-refractivity contribution in [2.24, 2.45) is 5.41 Å². The minimum atomic E-state index is -1.34. The number of unbranched alkanes of at least 4 members (excludes halogenated alkanes) is 3. The van der Waals surface area contributed by atoms with E-state index in [1.54, 1.807) is 26.0 Å². The summed E-state index contributed by atoms with van der Waals surface area (Å²) < 4.78 is 24.4. The van der Waals surface area contributed by atoms with E-state index < -0.39 is 17.4 Å². The Labute approximate surface area is 161 Å². The summed E-state index contributed by atoms with van der Waals surface area (Å²) in [6.45, 7) is 6.02. The number of halogens is 1. The van der Waals surface area contributed by atoms with E-state index in [9.17, 15) is 14.0 Å². The Hall–Kier alpha value is -1.91. The van der Waals surface area contributed by atoms with Crippen LogP contribution in [0.3, 0.4) is 0 Å². The summed E-state index contributed by atoms with van der Waals surface area (Å²) in [6, 6.07) is 4.63. The van der Waals surface area contributed by atoms with Gasteiger partial charge in [0.2, 0.25) is 0 Å². The summed E-state index contributed by atoms with van der Waals surface area (Å²) in [5.74, 6) is -1.41. The van der Waals surface area contributed by atoms with Crippen molar-refractivity contribution in [3.63, 3.8) is 0 Å². The van der Waals surface area contributed by atoms with E-state index in [0.717, 1.165) is 43.2 Å². The van der Waals surface area contributed by atoms with Crippen LogP contribution >= 0.6 is 0 Å². The predicted octanol–water partition coefficient (Wildman–Crippen LogP) is 4.94. The molecule has 0 aliphatic heterocycles. The Morgan fingerprint density at radius 3 is 2.33 bits per heavy atom. The maximum Gasteiger partial charge on any atom is 0.323 e. The normalized spacial score (nSPS) is 17.9. The molecule has 1 aliphatic carbocycles. The number of hydrogen-bond acceptors (Lipinski definition) is 4. The quantitative estimate of drug-likeness (QED) is 0.347. The third kappa shape index (κ3) is 4.88. The highest BCUT2D eigenvalue weighted by Gasteiger charge is 2.53. The first kappa shape index (κ1) is 21.4. The molecular weight excluding hydrogens is 347 g/mol. The van der Waals surface area contributed by atoms with Gasteiger partial charge < -0.3 is 9.47 Å². The van der Waals surface area contributed by atoms with Gasteiger partial charge in [0.1, 0.15) is 5.82 Å². The molecule has 2 rings (SSSR count). The van der Waals surface area contributed by atoms with Gasteiger partial charge in [0, 0.05) is 0 Å². The summed E-state index contributed by atoms with van der Waals surface area (Å²) in [6.07, 6.45) is 5.67. The standard InChI is InChI=1S/C22H31FO4/c1-4-7-8-9-10-16-14-22(20(24)26-5-2,21(25)27-6-3)15-17-11-12-18(23)13-19(16)17/h11-13,16H,4-10,14-15H2,1-3H3/t16-/m1/s1. The molecule has 0 radical (unpaired) electrons. The van der Waals surface area contributed by atoms with Gasteiger partial charge in [-0.25, -0.2) is 4.39 Å². The highest BCUT2D eigenvalue weighted by molar-refractivity contribution is 6.01. The van der Waals surface area contributed by atoms with Crippen molar-refractivity contribution < 1.29 is 23.5 Å². The molecule has 0 unspecified atom stereocenters. The van der Waals surface area contributed by atoms with Gasteiger partial charge in [0.05, 0.1) is 13.2 Å². The fraction of sp³-hybridized carbons (Fsp3) is 0.636. The number of fused-ring (bicyclic) bond motifs is 1. The van der Waals surface area contributed by atoms with Crippen LogP contribution in [0, 0.1) is 11.2 Å². The number of esters is 2. The number of ether oxygens (including phenoxy) is 2. The van der Waals surface area contributed by atoms with E-state index in [1.165, 1.54) is 6.07 Å². The minimum absolute atomic E-state index is 0.0601. The summed E-state index contributed by atoms with van der Waals surface area (Å²) in [5.41, 5.74) is 0.409. The van der Waals surface area contributed by atoms with Crippen LogP contribution in [0.4, 0.5) is 4.39 Å². The lowest BCUT2D eigenvalue weighted by atomic mass is 9.65. The van der Waals surface area contributed by atoms with Crippen LogP contribution < -0.4 is 0 Å². The lowest BCUT2D eigenvalue weighted by molar-refractivity contribution is -0.173. The maximum absolute atomic E-state index is 13.9. The van der Waals surface area contributed by atoms with Crippen LogP contribution in [0.15, 0.2) is 18.2 Å². The van der Waals surface area contributed by atoms with Gasteiger partial charge in [-0.1, -0.05) is 38.7 Å². The van der Waals surface area contributed by atoms with E-state index >= 15 is 0 Å². The first-order valence-corrected chi connectivity index (χ1v) is 10.1. The monoisotopic (exact) mass is 378 g/mol. The zero-order valence-electron chi connectivity index (χ0n) is 16.7. The summed E-state index contributed by atoms with van der Waals surface area (Å²) >= 11 is 0. The molecule has 1 aliphatic rings. The Kier molecular flexibility index (Phi) is 7.81. The van der Waals surface area contributed by atoms with Gasteiger partial charge in [-0.2, -0.15) is 0 Å². The van der Waals surface area contributed by atoms with Gasteiger partial charge in [-0.3, -0.25) is 9.59 Å². The molecule has 150 valence electrons. The lowest BCUT2D eigenvalue weighted by Gasteiger charge is -2.38. The van der Waals surface area contributed by atoms with Gasteiger partial charge in [0.25, 0.3) is 0 Å². The number of carbonyl (C=O) groups is 2. The van der Waals surface area contributed by atoms with Crippen LogP contribution in [0.5, 0.6) is 0 Å². The molecule has 1 aromatic rings. The van der Waals surface area contributed by atoms with Gasteiger partial charge in [0.15, 0.2) is 5.41 Å². The second-order valence-corrected chi connectivity index (χ2v) is 7.29. The molecule has 0 heterocycles. The molecule has 0 aromatic heterocycles. The molecule has 4 nitrogen and oxygen atoms in total. The third-order valence-corrected chi connectivity index (χ3v) is 5.37. The van der Waals surface area contributed by atoms with E-state index in [1.807, 2.05) is 0 Å². The Balaban J connectivity index is 2.39. The molecule has 1 aromatic carbocycles. The molecule has 0 fully saturated rings. The van der Waals surface area contributed by atoms with Crippen molar-refractivity contribution in [2.45, 2.75) is 71.6 Å². The average Bonchev–Trinajstić information content (AvgIpc) is 2.65. The van der Waals surface area contributed by atoms with Crippen LogP contribution in [0.2, 0.25) is 0 Å². The summed E-state index contributed by atoms with van der Waals surface area (Å²) in [5, 5.41) is 0. The van der Waals surface area contributed by atoms with Gasteiger partial charge >= 0.3 is 11.9 Å². The second kappa shape index (κ2) is 9.86. The van der Waals surface area contributed by atoms with E-state index in [-0.39, 0.29) is 31.4 Å². The average molecular weight is 378 g/mol. The highest BCUT2D eigenvalue weighted by atomic mass is 19.1. The van der Waals surface area contributed by atoms with E-state index in [2.05, 4.69) is 6.92 Å². The number of benzene rings is 1. The zero-order chi connectivity index (χ0) is 19.9. The van der Waals surface area contributed by atoms with Crippen LogP contribution in [-0.4, -0.2) is 25.2 Å². The highest BCUT2D eigenvalue weighted by Crippen LogP contribution is 2.46. The third-order valence-electron chi connectivity index (χ3n) is 5.37. The summed E-state index contributed by atoms with van der Waals surface area (Å²) in [7, 11) is 0. The first-order valence-electron chi connectivity index (χ1n) is 10.1. The predicted molar refractivity (Wildman–Crippen MR) is 102 cm³/mol. The fourth-order valence-electron chi connectivity index (χ4n) is 4.04. The SMILES string of the molecule is CCCCCC[C@@H]1CC(C(=O)OCC)(C(=O)OCC)Cc2ccc(F)cc21. The van der Waals surface area contributed by atoms with Gasteiger partial charge in [-0.15, -0.1) is 0 Å². The number of rotatable bonds is 9. The van der Waals surface area contributed by atoms with Crippen LogP contribution in [-0.2, 0) is 25.5 Å². The second-order valence-electron chi connectivity index (χ2n) is 7.29. The molecular formula is C22H31FO4. The smallest absolute Gasteiger partial charge is 0.323 e. The zero-order valence-corrected chi connectivity index (χ0v) is 16.7. The van der Waals surface area contributed by atoms with Crippen molar-refractivity contribution in [3.05, 3.63) is 35.1 Å². The summed E-state index contributed by atoms with van der Waals surface area (Å²) in [4.78, 5) is 25.7. The molecule has 0 saturated carbocycles. The Morgan fingerprint density at radius 1 is 1.07 bits per heavy atom. The van der Waals surface area contributed by atoms with Crippen LogP contribution in [0.1, 0.15) is 76.3 Å². The van der Waals surface area contributed by atoms with Crippen LogP contribution in [0.25, 0.3) is 0 Å². The first-order chi connectivity index (χ1) is 13.0. The molecule has 0 N–H and O–H groups in total. The molecule has 27 heavy (non-hydrogen) atoms.